The molecule has 0 spiro atoms. The van der Waals surface area contributed by atoms with Crippen molar-refractivity contribution in [1.82, 2.24) is 0 Å². The Balaban J connectivity index is 0.000000180. The van der Waals surface area contributed by atoms with E-state index in [9.17, 15) is 0 Å². The third kappa shape index (κ3) is 7.38. The second-order valence-corrected chi connectivity index (χ2v) is 13.7. The van der Waals surface area contributed by atoms with Crippen LogP contribution in [0.4, 0.5) is 0 Å². The van der Waals surface area contributed by atoms with Crippen molar-refractivity contribution in [2.45, 2.75) is 38.5 Å². The SMILES string of the molecule is CC1(c2cccc3ccccc23)[C-]=c2ccccc2=C1.CC1(c2cccc3ccccc23)[C-]=c2ccccc2=C1.C[C](C)=[Ti+2].Cl.Cl. The van der Waals surface area contributed by atoms with Gasteiger partial charge in [-0.25, -0.2) is 0 Å². The first-order chi connectivity index (χ1) is 21.3. The average molecular weight is 674 g/mol. The normalized spacial score (nSPS) is 18.2. The summed E-state index contributed by atoms with van der Waals surface area (Å²) >= 11 is 2.08. The predicted octanol–water partition coefficient (Wildman–Crippen LogP) is 8.09. The molecule has 0 aliphatic heterocycles. The zero-order chi connectivity index (χ0) is 30.7. The Labute approximate surface area is 296 Å². The van der Waals surface area contributed by atoms with E-state index in [1.807, 2.05) is 0 Å². The van der Waals surface area contributed by atoms with Gasteiger partial charge in [0.25, 0.3) is 0 Å². The smallest absolute Gasteiger partial charge is 0.147 e. The van der Waals surface area contributed by atoms with Gasteiger partial charge in [-0.1, -0.05) is 111 Å². The zero-order valence-electron chi connectivity index (χ0n) is 26.7. The van der Waals surface area contributed by atoms with Crippen LogP contribution in [-0.4, -0.2) is 3.81 Å². The molecule has 0 aromatic heterocycles. The maximum absolute atomic E-state index is 3.66. The van der Waals surface area contributed by atoms with Crippen molar-refractivity contribution in [3.8, 4) is 0 Å². The van der Waals surface area contributed by atoms with Crippen molar-refractivity contribution in [2.75, 3.05) is 0 Å². The van der Waals surface area contributed by atoms with Crippen LogP contribution in [0.3, 0.4) is 0 Å². The second-order valence-electron chi connectivity index (χ2n) is 12.2. The summed E-state index contributed by atoms with van der Waals surface area (Å²) < 4.78 is 1.42. The minimum absolute atomic E-state index is 0. The van der Waals surface area contributed by atoms with Crippen LogP contribution < -0.4 is 20.9 Å². The van der Waals surface area contributed by atoms with Crippen LogP contribution in [0.1, 0.15) is 38.8 Å². The summed E-state index contributed by atoms with van der Waals surface area (Å²) in [5, 5.41) is 10.2. The van der Waals surface area contributed by atoms with E-state index in [0.29, 0.717) is 0 Å². The van der Waals surface area contributed by atoms with Gasteiger partial charge in [0, 0.05) is 0 Å². The van der Waals surface area contributed by atoms with Crippen LogP contribution in [0.25, 0.3) is 45.8 Å². The van der Waals surface area contributed by atoms with Gasteiger partial charge in [0.2, 0.25) is 0 Å². The molecule has 2 atom stereocenters. The van der Waals surface area contributed by atoms with Gasteiger partial charge in [-0.2, -0.15) is 34.7 Å². The van der Waals surface area contributed by atoms with Crippen molar-refractivity contribution < 1.29 is 20.0 Å². The minimum Gasteiger partial charge on any atom is -0.147 e. The van der Waals surface area contributed by atoms with Crippen LogP contribution in [0.15, 0.2) is 133 Å². The molecule has 8 rings (SSSR count). The van der Waals surface area contributed by atoms with Crippen molar-refractivity contribution in [2.24, 2.45) is 0 Å². The summed E-state index contributed by atoms with van der Waals surface area (Å²) in [5.74, 6) is 0. The molecule has 6 aromatic rings. The molecule has 2 aliphatic carbocycles. The second kappa shape index (κ2) is 14.9. The van der Waals surface area contributed by atoms with Crippen molar-refractivity contribution in [3.63, 3.8) is 0 Å². The molecule has 0 saturated heterocycles. The van der Waals surface area contributed by atoms with Crippen molar-refractivity contribution in [3.05, 3.63) is 165 Å². The number of rotatable bonds is 2. The molecule has 0 heterocycles. The summed E-state index contributed by atoms with van der Waals surface area (Å²) in [6.45, 7) is 8.66. The number of hydrogen-bond donors (Lipinski definition) is 0. The molecule has 2 aliphatic rings. The fourth-order valence-corrected chi connectivity index (χ4v) is 6.37. The van der Waals surface area contributed by atoms with Crippen LogP contribution in [-0.2, 0) is 30.8 Å². The summed E-state index contributed by atoms with van der Waals surface area (Å²) in [5.41, 5.74) is 2.35. The summed E-state index contributed by atoms with van der Waals surface area (Å²) in [6.07, 6.45) is 12.0. The Morgan fingerprint density at radius 2 is 0.804 bits per heavy atom. The monoisotopic (exact) mass is 672 g/mol. The zero-order valence-corrected chi connectivity index (χ0v) is 29.9. The van der Waals surface area contributed by atoms with Crippen molar-refractivity contribution >= 4 is 74.5 Å². The summed E-state index contributed by atoms with van der Waals surface area (Å²) in [4.78, 5) is 0. The van der Waals surface area contributed by atoms with E-state index in [1.165, 1.54) is 57.4 Å². The Bertz CT molecular complexity index is 2020. The molecule has 6 aromatic carbocycles. The molecule has 0 saturated carbocycles. The van der Waals surface area contributed by atoms with E-state index in [1.54, 1.807) is 0 Å². The number of halogens is 2. The Morgan fingerprint density at radius 3 is 1.20 bits per heavy atom. The molecule has 0 amide bonds. The van der Waals surface area contributed by atoms with E-state index in [4.69, 9.17) is 0 Å². The molecule has 46 heavy (non-hydrogen) atoms. The van der Waals surface area contributed by atoms with Gasteiger partial charge >= 0.3 is 37.6 Å². The molecule has 0 N–H and O–H groups in total. The third-order valence-electron chi connectivity index (χ3n) is 8.30. The molecule has 0 bridgehead atoms. The standard InChI is InChI=1S/2C20H15.C3H6.2ClH.Ti/c2*1-20(13-16-8-2-3-9-17(16)14-20)19-12-6-10-15-7-4-5-11-18(15)19;1-3-2;;;/h2*2-13H,1H3;1-2H3;2*1H;/q2*-1;;;;+2. The molecule has 0 fully saturated rings. The Morgan fingerprint density at radius 1 is 0.478 bits per heavy atom. The van der Waals surface area contributed by atoms with Crippen molar-refractivity contribution in [1.29, 1.82) is 0 Å². The van der Waals surface area contributed by atoms with E-state index >= 15 is 0 Å². The topological polar surface area (TPSA) is 0 Å². The Kier molecular flexibility index (Phi) is 11.5. The number of fused-ring (bicyclic) bond motifs is 4. The molecule has 0 nitrogen and oxygen atoms in total. The molecule has 0 radical (unpaired) electrons. The predicted molar refractivity (Wildman–Crippen MR) is 201 cm³/mol. The Hall–Kier alpha value is -3.52. The van der Waals surface area contributed by atoms with Crippen LogP contribution >= 0.6 is 24.8 Å². The van der Waals surface area contributed by atoms with Gasteiger partial charge in [0.15, 0.2) is 0 Å². The van der Waals surface area contributed by atoms with Crippen LogP contribution in [0, 0.1) is 0 Å². The van der Waals surface area contributed by atoms with E-state index in [0.717, 1.165) is 0 Å². The van der Waals surface area contributed by atoms with Crippen LogP contribution in [0.5, 0.6) is 0 Å². The summed E-state index contributed by atoms with van der Waals surface area (Å²) in [7, 11) is 0. The van der Waals surface area contributed by atoms with Gasteiger partial charge < -0.3 is 0 Å². The minimum atomic E-state index is -0.148. The van der Waals surface area contributed by atoms with Gasteiger partial charge in [0.1, 0.15) is 0 Å². The van der Waals surface area contributed by atoms with E-state index < -0.39 is 0 Å². The van der Waals surface area contributed by atoms with Crippen LogP contribution in [0.2, 0.25) is 0 Å². The number of hydrogen-bond acceptors (Lipinski definition) is 0. The third-order valence-corrected chi connectivity index (χ3v) is 8.30. The number of benzene rings is 6. The van der Waals surface area contributed by atoms with Gasteiger partial charge in [0.05, 0.1) is 0 Å². The fraction of sp³-hybridized carbons (Fsp3) is 0.140. The molecular formula is C43H38Cl2Ti. The quantitative estimate of drug-likeness (QED) is 0.129. The van der Waals surface area contributed by atoms with Gasteiger partial charge in [-0.3, -0.25) is 0 Å². The first-order valence-corrected chi connectivity index (χ1v) is 16.0. The molecule has 2 unspecified atom stereocenters. The van der Waals surface area contributed by atoms with E-state index in [-0.39, 0.29) is 35.6 Å². The summed E-state index contributed by atoms with van der Waals surface area (Å²) in [6, 6.07) is 47.2. The maximum atomic E-state index is 3.66. The van der Waals surface area contributed by atoms with Gasteiger partial charge in [-0.15, -0.1) is 71.7 Å². The largest absolute Gasteiger partial charge is 0.147 e. The average Bonchev–Trinajstić information content (AvgIpc) is 3.57. The maximum Gasteiger partial charge on any atom is -0.147 e. The molecule has 3 heteroatoms. The van der Waals surface area contributed by atoms with E-state index in [2.05, 4.69) is 205 Å². The molecular weight excluding hydrogens is 635 g/mol. The first-order valence-electron chi connectivity index (χ1n) is 15.2. The fourth-order valence-electron chi connectivity index (χ4n) is 6.37. The molecule has 228 valence electrons. The first kappa shape index (κ1) is 35.3. The van der Waals surface area contributed by atoms with Gasteiger partial charge in [-0.05, 0) is 43.5 Å².